The minimum atomic E-state index is -2.84. The Morgan fingerprint density at radius 3 is 1.81 bits per heavy atom. The number of nitro benzene ring substituents is 2. The van der Waals surface area contributed by atoms with Crippen molar-refractivity contribution in [2.45, 2.75) is 44.9 Å². The van der Waals surface area contributed by atoms with Gasteiger partial charge in [-0.25, -0.2) is 4.79 Å². The zero-order chi connectivity index (χ0) is 26.9. The molecule has 2 N–H and O–H groups in total. The van der Waals surface area contributed by atoms with Gasteiger partial charge in [0, 0.05) is 31.2 Å². The smallest absolute Gasteiger partial charge is 0.350 e. The first-order valence-electron chi connectivity index (χ1n) is 10.5. The van der Waals surface area contributed by atoms with Gasteiger partial charge < -0.3 is 29.2 Å². The van der Waals surface area contributed by atoms with Gasteiger partial charge in [-0.3, -0.25) is 25.0 Å². The predicted octanol–water partition coefficient (Wildman–Crippen LogP) is 2.24. The molecule has 14 heteroatoms. The molecule has 3 atom stereocenters. The topological polar surface area (TPSA) is 198 Å². The second kappa shape index (κ2) is 12.4. The highest BCUT2D eigenvalue weighted by atomic mass is 16.8. The molecule has 0 radical (unpaired) electrons. The molecule has 0 heterocycles. The summed E-state index contributed by atoms with van der Waals surface area (Å²) in [5, 5.41) is 42.1. The van der Waals surface area contributed by atoms with Gasteiger partial charge in [-0.05, 0) is 30.7 Å². The lowest BCUT2D eigenvalue weighted by Crippen LogP contribution is -2.55. The van der Waals surface area contributed by atoms with E-state index in [-0.39, 0.29) is 29.3 Å². The van der Waals surface area contributed by atoms with Crippen LogP contribution in [0, 0.1) is 20.2 Å². The van der Waals surface area contributed by atoms with E-state index < -0.39 is 46.6 Å². The molecule has 3 unspecified atom stereocenters. The van der Waals surface area contributed by atoms with Gasteiger partial charge in [-0.2, -0.15) is 0 Å². The number of aliphatic hydroxyl groups is 2. The van der Waals surface area contributed by atoms with Gasteiger partial charge in [0.15, 0.2) is 6.10 Å². The van der Waals surface area contributed by atoms with Crippen LogP contribution < -0.4 is 9.47 Å². The fourth-order valence-corrected chi connectivity index (χ4v) is 2.86. The van der Waals surface area contributed by atoms with E-state index in [2.05, 4.69) is 0 Å². The van der Waals surface area contributed by atoms with E-state index in [9.17, 15) is 40.0 Å². The zero-order valence-electron chi connectivity index (χ0n) is 19.3. The highest BCUT2D eigenvalue weighted by Gasteiger charge is 2.46. The Balaban J connectivity index is 2.30. The Bertz CT molecular complexity index is 1070. The summed E-state index contributed by atoms with van der Waals surface area (Å²) in [6.45, 7) is 1.44. The average molecular weight is 508 g/mol. The number of nitrogens with zero attached hydrogens (tertiary/aromatic N) is 2. The summed E-state index contributed by atoms with van der Waals surface area (Å²) in [5.74, 6) is -4.97. The maximum atomic E-state index is 12.9. The molecular formula is C22H24N2O12. The summed E-state index contributed by atoms with van der Waals surface area (Å²) in [4.78, 5) is 44.9. The summed E-state index contributed by atoms with van der Waals surface area (Å²) < 4.78 is 21.0. The minimum absolute atomic E-state index is 0.112. The number of benzene rings is 2. The summed E-state index contributed by atoms with van der Waals surface area (Å²) in [6, 6.07) is 9.35. The van der Waals surface area contributed by atoms with E-state index in [0.717, 1.165) is 31.2 Å². The number of aliphatic hydroxyl groups excluding tert-OH is 1. The molecule has 0 bridgehead atoms. The largest absolute Gasteiger partial charge is 0.479 e. The lowest BCUT2D eigenvalue weighted by molar-refractivity contribution is -0.385. The first kappa shape index (κ1) is 27.9. The van der Waals surface area contributed by atoms with Gasteiger partial charge in [0.25, 0.3) is 11.4 Å². The number of esters is 2. The van der Waals surface area contributed by atoms with E-state index >= 15 is 0 Å². The lowest BCUT2D eigenvalue weighted by Gasteiger charge is -2.33. The Labute approximate surface area is 204 Å². The van der Waals surface area contributed by atoms with Gasteiger partial charge in [0.05, 0.1) is 9.85 Å². The molecular weight excluding hydrogens is 484 g/mol. The molecule has 0 aliphatic carbocycles. The van der Waals surface area contributed by atoms with Crippen molar-refractivity contribution < 1.29 is 48.6 Å². The van der Waals surface area contributed by atoms with Gasteiger partial charge in [-0.1, -0.05) is 13.3 Å². The number of hydrogen-bond donors (Lipinski definition) is 2. The zero-order valence-corrected chi connectivity index (χ0v) is 19.3. The molecule has 0 aliphatic heterocycles. The number of nitro groups is 2. The second-order valence-corrected chi connectivity index (χ2v) is 7.38. The van der Waals surface area contributed by atoms with Crippen molar-refractivity contribution in [1.29, 1.82) is 0 Å². The van der Waals surface area contributed by atoms with E-state index in [1.807, 2.05) is 0 Å². The van der Waals surface area contributed by atoms with Crippen LogP contribution in [0.2, 0.25) is 0 Å². The Kier molecular flexibility index (Phi) is 9.64. The fourth-order valence-electron chi connectivity index (χ4n) is 2.86. The van der Waals surface area contributed by atoms with Crippen LogP contribution in [0.5, 0.6) is 11.5 Å². The predicted molar refractivity (Wildman–Crippen MR) is 120 cm³/mol. The van der Waals surface area contributed by atoms with E-state index in [1.165, 1.54) is 24.3 Å². The minimum Gasteiger partial charge on any atom is -0.479 e. The molecule has 2 rings (SSSR count). The maximum Gasteiger partial charge on any atom is 0.350 e. The molecule has 0 spiro atoms. The first-order valence-corrected chi connectivity index (χ1v) is 10.5. The van der Waals surface area contributed by atoms with Gasteiger partial charge >= 0.3 is 24.0 Å². The Hall–Kier alpha value is -4.30. The van der Waals surface area contributed by atoms with Crippen molar-refractivity contribution in [1.82, 2.24) is 0 Å². The molecule has 0 amide bonds. The number of hydrogen-bond acceptors (Lipinski definition) is 12. The Morgan fingerprint density at radius 1 is 0.944 bits per heavy atom. The van der Waals surface area contributed by atoms with Gasteiger partial charge in [-0.15, -0.1) is 0 Å². The monoisotopic (exact) mass is 508 g/mol. The molecule has 0 aromatic heterocycles. The molecule has 0 aliphatic rings. The Morgan fingerprint density at radius 2 is 1.42 bits per heavy atom. The summed E-state index contributed by atoms with van der Waals surface area (Å²) in [7, 11) is 0. The SMILES string of the molecule is CCCC(Oc1ccc([N+](=O)[O-])cc1)C(=O)OC(Oc1ccc([N+](=O)[O-])cc1)C(O)(CO)OC(C)=O. The van der Waals surface area contributed by atoms with Crippen molar-refractivity contribution in [2.24, 2.45) is 0 Å². The van der Waals surface area contributed by atoms with Crippen LogP contribution in [0.15, 0.2) is 48.5 Å². The van der Waals surface area contributed by atoms with Crippen LogP contribution in [0.25, 0.3) is 0 Å². The normalized spacial score (nSPS) is 14.0. The number of rotatable bonds is 13. The molecule has 0 saturated heterocycles. The van der Waals surface area contributed by atoms with Crippen LogP contribution in [0.1, 0.15) is 26.7 Å². The number of carbonyl (C=O) groups is 2. The maximum absolute atomic E-state index is 12.9. The molecule has 2 aromatic rings. The molecule has 194 valence electrons. The van der Waals surface area contributed by atoms with Crippen LogP contribution in [-0.4, -0.2) is 56.8 Å². The van der Waals surface area contributed by atoms with E-state index in [0.29, 0.717) is 6.42 Å². The highest BCUT2D eigenvalue weighted by Crippen LogP contribution is 2.26. The van der Waals surface area contributed by atoms with E-state index in [4.69, 9.17) is 18.9 Å². The van der Waals surface area contributed by atoms with E-state index in [1.54, 1.807) is 6.92 Å². The van der Waals surface area contributed by atoms with Crippen LogP contribution >= 0.6 is 0 Å². The number of carbonyl (C=O) groups excluding carboxylic acids is 2. The first-order chi connectivity index (χ1) is 17.0. The number of ether oxygens (including phenoxy) is 4. The third kappa shape index (κ3) is 7.61. The van der Waals surface area contributed by atoms with Crippen LogP contribution in [0.3, 0.4) is 0 Å². The third-order valence-corrected chi connectivity index (χ3v) is 4.57. The molecule has 0 fully saturated rings. The third-order valence-electron chi connectivity index (χ3n) is 4.57. The molecule has 14 nitrogen and oxygen atoms in total. The number of non-ortho nitro benzene ring substituents is 2. The highest BCUT2D eigenvalue weighted by molar-refractivity contribution is 5.75. The molecule has 0 saturated carbocycles. The lowest BCUT2D eigenvalue weighted by atomic mass is 10.2. The van der Waals surface area contributed by atoms with Gasteiger partial charge in [0.1, 0.15) is 18.1 Å². The van der Waals surface area contributed by atoms with Crippen molar-refractivity contribution in [3.63, 3.8) is 0 Å². The fraction of sp³-hybridized carbons (Fsp3) is 0.364. The van der Waals surface area contributed by atoms with Crippen molar-refractivity contribution >= 4 is 23.3 Å². The van der Waals surface area contributed by atoms with Crippen LogP contribution in [0.4, 0.5) is 11.4 Å². The average Bonchev–Trinajstić information content (AvgIpc) is 2.83. The summed E-state index contributed by atoms with van der Waals surface area (Å²) in [5.41, 5.74) is -0.462. The molecule has 36 heavy (non-hydrogen) atoms. The second-order valence-electron chi connectivity index (χ2n) is 7.38. The standard InChI is InChI=1S/C22H24N2O12/c1-3-4-19(33-17-9-5-15(6-10-17)23(29)30)20(27)35-21(22(28,13-25)36-14(2)26)34-18-11-7-16(8-12-18)24(31)32/h5-12,19,21,25,28H,3-4,13H2,1-2H3. The van der Waals surface area contributed by atoms with Crippen LogP contribution in [-0.2, 0) is 19.1 Å². The quantitative estimate of drug-likeness (QED) is 0.173. The summed E-state index contributed by atoms with van der Waals surface area (Å²) in [6.07, 6.45) is -2.83. The van der Waals surface area contributed by atoms with Crippen molar-refractivity contribution in [3.05, 3.63) is 68.8 Å². The van der Waals surface area contributed by atoms with Crippen molar-refractivity contribution in [2.75, 3.05) is 6.61 Å². The van der Waals surface area contributed by atoms with Gasteiger partial charge in [0.2, 0.25) is 0 Å². The molecule has 2 aromatic carbocycles. The summed E-state index contributed by atoms with van der Waals surface area (Å²) >= 11 is 0. The van der Waals surface area contributed by atoms with Crippen molar-refractivity contribution in [3.8, 4) is 11.5 Å².